The standard InChI is InChI=1S/C40H43ClFN3O6/c1-40(2,3)25-45-32-18-17-28(41)21-30(32)37(51-34(39(45)48)22-35(46)44-23-27-13-8-9-15-31(27)42)29-14-10-16-33(38(29)49-4)50-24-36(47)43-20-19-26-11-6-5-7-12-26/h5-18,21,34,37H,19-20,22-25H2,1-4H3,(H,43,47)(H,44,46). The molecular formula is C40H43ClFN3O6. The van der Waals surface area contributed by atoms with Crippen molar-refractivity contribution in [2.24, 2.45) is 5.41 Å². The number of carbonyl (C=O) groups excluding carboxylic acids is 3. The second kappa shape index (κ2) is 16.9. The topological polar surface area (TPSA) is 106 Å². The lowest BCUT2D eigenvalue weighted by atomic mass is 9.94. The van der Waals surface area contributed by atoms with E-state index in [2.05, 4.69) is 10.6 Å². The predicted octanol–water partition coefficient (Wildman–Crippen LogP) is 6.80. The van der Waals surface area contributed by atoms with E-state index >= 15 is 0 Å². The van der Waals surface area contributed by atoms with Crippen LogP contribution in [-0.2, 0) is 32.1 Å². The van der Waals surface area contributed by atoms with Crippen LogP contribution in [0.5, 0.6) is 11.5 Å². The van der Waals surface area contributed by atoms with Crippen molar-refractivity contribution in [1.29, 1.82) is 0 Å². The zero-order valence-corrected chi connectivity index (χ0v) is 30.0. The van der Waals surface area contributed by atoms with Crippen molar-refractivity contribution in [3.63, 3.8) is 0 Å². The van der Waals surface area contributed by atoms with Gasteiger partial charge in [0.15, 0.2) is 18.1 Å². The van der Waals surface area contributed by atoms with Crippen LogP contribution in [0.3, 0.4) is 0 Å². The highest BCUT2D eigenvalue weighted by Gasteiger charge is 2.40. The number of hydrogen-bond acceptors (Lipinski definition) is 6. The molecule has 0 saturated carbocycles. The monoisotopic (exact) mass is 715 g/mol. The molecule has 51 heavy (non-hydrogen) atoms. The maximum Gasteiger partial charge on any atom is 0.257 e. The molecule has 5 rings (SSSR count). The largest absolute Gasteiger partial charge is 0.492 e. The Morgan fingerprint density at radius 3 is 2.39 bits per heavy atom. The van der Waals surface area contributed by atoms with Gasteiger partial charge in [0.25, 0.3) is 11.8 Å². The summed E-state index contributed by atoms with van der Waals surface area (Å²) in [7, 11) is 1.48. The second-order valence-electron chi connectivity index (χ2n) is 13.5. The fourth-order valence-corrected chi connectivity index (χ4v) is 6.10. The van der Waals surface area contributed by atoms with E-state index in [1.54, 1.807) is 59.5 Å². The molecule has 4 aromatic carbocycles. The van der Waals surface area contributed by atoms with Gasteiger partial charge in [0, 0.05) is 47.0 Å². The molecule has 2 N–H and O–H groups in total. The van der Waals surface area contributed by atoms with Gasteiger partial charge in [-0.05, 0) is 47.7 Å². The van der Waals surface area contributed by atoms with Crippen LogP contribution in [0.15, 0.2) is 91.0 Å². The average Bonchev–Trinajstić information content (AvgIpc) is 3.20. The van der Waals surface area contributed by atoms with E-state index in [-0.39, 0.29) is 30.9 Å². The summed E-state index contributed by atoms with van der Waals surface area (Å²) >= 11 is 6.55. The number of benzene rings is 4. The first kappa shape index (κ1) is 37.3. The molecule has 0 saturated heterocycles. The molecule has 4 aromatic rings. The van der Waals surface area contributed by atoms with Crippen molar-refractivity contribution in [2.45, 2.75) is 52.4 Å². The first-order chi connectivity index (χ1) is 24.4. The lowest BCUT2D eigenvalue weighted by Crippen LogP contribution is -2.45. The number of nitrogens with zero attached hydrogens (tertiary/aromatic N) is 1. The third kappa shape index (κ3) is 9.86. The van der Waals surface area contributed by atoms with Crippen LogP contribution in [-0.4, -0.2) is 50.6 Å². The molecule has 1 aliphatic heterocycles. The smallest absolute Gasteiger partial charge is 0.257 e. The van der Waals surface area contributed by atoms with E-state index < -0.39 is 29.8 Å². The molecule has 11 heteroatoms. The number of nitrogens with one attached hydrogen (secondary N) is 2. The third-order valence-corrected chi connectivity index (χ3v) is 8.51. The van der Waals surface area contributed by atoms with Crippen molar-refractivity contribution in [3.05, 3.63) is 124 Å². The Labute approximate surface area is 303 Å². The molecule has 9 nitrogen and oxygen atoms in total. The van der Waals surface area contributed by atoms with E-state index in [1.807, 2.05) is 51.1 Å². The summed E-state index contributed by atoms with van der Waals surface area (Å²) in [6.45, 7) is 6.50. The fraction of sp³-hybridized carbons (Fsp3) is 0.325. The third-order valence-electron chi connectivity index (χ3n) is 8.28. The Bertz CT molecular complexity index is 1850. The van der Waals surface area contributed by atoms with Gasteiger partial charge < -0.3 is 29.7 Å². The Morgan fingerprint density at radius 2 is 1.67 bits per heavy atom. The van der Waals surface area contributed by atoms with Crippen molar-refractivity contribution in [3.8, 4) is 11.5 Å². The summed E-state index contributed by atoms with van der Waals surface area (Å²) in [5, 5.41) is 6.02. The summed E-state index contributed by atoms with van der Waals surface area (Å²) in [6.07, 6.45) is -1.81. The molecule has 0 fully saturated rings. The number of para-hydroxylation sites is 1. The summed E-state index contributed by atoms with van der Waals surface area (Å²) in [5.41, 5.74) is 2.77. The summed E-state index contributed by atoms with van der Waals surface area (Å²) in [6, 6.07) is 26.4. The molecule has 1 heterocycles. The number of ether oxygens (including phenoxy) is 3. The van der Waals surface area contributed by atoms with Crippen molar-refractivity contribution in [1.82, 2.24) is 10.6 Å². The van der Waals surface area contributed by atoms with Gasteiger partial charge in [-0.2, -0.15) is 0 Å². The first-order valence-corrected chi connectivity index (χ1v) is 17.2. The number of amides is 3. The number of fused-ring (bicyclic) bond motifs is 1. The number of hydrogen-bond donors (Lipinski definition) is 2. The summed E-state index contributed by atoms with van der Waals surface area (Å²) < 4.78 is 32.7. The quantitative estimate of drug-likeness (QED) is 0.158. The fourth-order valence-electron chi connectivity index (χ4n) is 5.92. The van der Waals surface area contributed by atoms with Crippen LogP contribution >= 0.6 is 11.6 Å². The number of carbonyl (C=O) groups is 3. The minimum atomic E-state index is -1.23. The minimum Gasteiger partial charge on any atom is -0.492 e. The predicted molar refractivity (Wildman–Crippen MR) is 194 cm³/mol. The molecule has 2 atom stereocenters. The van der Waals surface area contributed by atoms with Gasteiger partial charge >= 0.3 is 0 Å². The van der Waals surface area contributed by atoms with E-state index in [4.69, 9.17) is 25.8 Å². The van der Waals surface area contributed by atoms with E-state index in [9.17, 15) is 18.8 Å². The van der Waals surface area contributed by atoms with Gasteiger partial charge in [0.2, 0.25) is 5.91 Å². The molecule has 0 aliphatic carbocycles. The van der Waals surface area contributed by atoms with Crippen LogP contribution in [0.2, 0.25) is 5.02 Å². The van der Waals surface area contributed by atoms with Gasteiger partial charge in [-0.3, -0.25) is 14.4 Å². The first-order valence-electron chi connectivity index (χ1n) is 16.8. The van der Waals surface area contributed by atoms with Crippen LogP contribution in [0, 0.1) is 11.2 Å². The molecule has 0 aromatic heterocycles. The molecule has 0 bridgehead atoms. The number of anilines is 1. The molecule has 0 radical (unpaired) electrons. The van der Waals surface area contributed by atoms with Gasteiger partial charge in [-0.1, -0.05) is 93.0 Å². The Morgan fingerprint density at radius 1 is 0.922 bits per heavy atom. The number of rotatable bonds is 13. The highest BCUT2D eigenvalue weighted by Crippen LogP contribution is 2.45. The van der Waals surface area contributed by atoms with Crippen molar-refractivity contribution in [2.75, 3.05) is 31.7 Å². The van der Waals surface area contributed by atoms with Gasteiger partial charge in [0.05, 0.1) is 13.5 Å². The summed E-state index contributed by atoms with van der Waals surface area (Å²) in [4.78, 5) is 42.0. The highest BCUT2D eigenvalue weighted by atomic mass is 35.5. The van der Waals surface area contributed by atoms with Crippen molar-refractivity contribution < 1.29 is 33.0 Å². The molecule has 1 aliphatic rings. The van der Waals surface area contributed by atoms with E-state index in [0.717, 1.165) is 5.56 Å². The Kier molecular flexibility index (Phi) is 12.3. The van der Waals surface area contributed by atoms with E-state index in [1.165, 1.54) is 13.2 Å². The lowest BCUT2D eigenvalue weighted by Gasteiger charge is -2.31. The minimum absolute atomic E-state index is 0.0512. The number of halogens is 2. The van der Waals surface area contributed by atoms with Crippen LogP contribution in [0.1, 0.15) is 55.5 Å². The highest BCUT2D eigenvalue weighted by molar-refractivity contribution is 6.30. The zero-order valence-electron chi connectivity index (χ0n) is 29.2. The number of methoxy groups -OCH3 is 1. The normalized spacial score (nSPS) is 15.8. The van der Waals surface area contributed by atoms with Gasteiger partial charge in [-0.25, -0.2) is 4.39 Å². The van der Waals surface area contributed by atoms with Crippen molar-refractivity contribution >= 4 is 35.0 Å². The van der Waals surface area contributed by atoms with Crippen LogP contribution in [0.25, 0.3) is 0 Å². The molecule has 2 unspecified atom stereocenters. The SMILES string of the molecule is COc1c(OCC(=O)NCCc2ccccc2)cccc1C1OC(CC(=O)NCc2ccccc2F)C(=O)N(CC(C)(C)C)c2ccc(Cl)cc21. The molecular weight excluding hydrogens is 673 g/mol. The molecule has 3 amide bonds. The Balaban J connectivity index is 1.43. The second-order valence-corrected chi connectivity index (χ2v) is 14.0. The van der Waals surface area contributed by atoms with Crippen LogP contribution in [0.4, 0.5) is 10.1 Å². The lowest BCUT2D eigenvalue weighted by molar-refractivity contribution is -0.138. The molecule has 0 spiro atoms. The van der Waals surface area contributed by atoms with Gasteiger partial charge in [0.1, 0.15) is 18.0 Å². The van der Waals surface area contributed by atoms with Crippen LogP contribution < -0.4 is 25.0 Å². The molecule has 268 valence electrons. The van der Waals surface area contributed by atoms with E-state index in [0.29, 0.717) is 58.4 Å². The summed E-state index contributed by atoms with van der Waals surface area (Å²) in [5.74, 6) is -1.05. The maximum absolute atomic E-state index is 14.3. The Hall–Kier alpha value is -4.93. The van der Waals surface area contributed by atoms with Gasteiger partial charge in [-0.15, -0.1) is 0 Å². The maximum atomic E-state index is 14.3. The average molecular weight is 716 g/mol. The zero-order chi connectivity index (χ0) is 36.5.